The molecule has 2 nitrogen and oxygen atoms in total. The number of anilines is 1. The zero-order valence-corrected chi connectivity index (χ0v) is 14.4. The van der Waals surface area contributed by atoms with Crippen molar-refractivity contribution in [3.05, 3.63) is 94.5 Å². The van der Waals surface area contributed by atoms with Gasteiger partial charge in [0.2, 0.25) is 0 Å². The van der Waals surface area contributed by atoms with Gasteiger partial charge in [-0.25, -0.2) is 0 Å². The Bertz CT molecular complexity index is 782. The molecule has 0 aromatic heterocycles. The highest BCUT2D eigenvalue weighted by Crippen LogP contribution is 2.18. The first-order valence-corrected chi connectivity index (χ1v) is 8.34. The van der Waals surface area contributed by atoms with Gasteiger partial charge >= 0.3 is 0 Å². The van der Waals surface area contributed by atoms with Crippen molar-refractivity contribution >= 4 is 17.3 Å². The lowest BCUT2D eigenvalue weighted by molar-refractivity contribution is 0.305. The van der Waals surface area contributed by atoms with Crippen LogP contribution in [0.4, 0.5) is 5.69 Å². The molecule has 3 aromatic rings. The Morgan fingerprint density at radius 2 is 1.58 bits per heavy atom. The van der Waals surface area contributed by atoms with E-state index in [-0.39, 0.29) is 0 Å². The number of nitrogens with one attached hydrogen (secondary N) is 1. The van der Waals surface area contributed by atoms with Crippen LogP contribution in [0.1, 0.15) is 16.7 Å². The third-order valence-electron chi connectivity index (χ3n) is 3.92. The molecule has 0 saturated carbocycles. The van der Waals surface area contributed by atoms with Gasteiger partial charge in [0.05, 0.1) is 0 Å². The Morgan fingerprint density at radius 1 is 0.875 bits per heavy atom. The van der Waals surface area contributed by atoms with Gasteiger partial charge in [0.1, 0.15) is 12.4 Å². The molecule has 0 unspecified atom stereocenters. The Kier molecular flexibility index (Phi) is 5.39. The van der Waals surface area contributed by atoms with Crippen molar-refractivity contribution in [2.24, 2.45) is 0 Å². The number of hydrogen-bond donors (Lipinski definition) is 1. The first-order chi connectivity index (χ1) is 11.7. The van der Waals surface area contributed by atoms with Crippen molar-refractivity contribution < 1.29 is 4.74 Å². The number of hydrogen-bond acceptors (Lipinski definition) is 2. The van der Waals surface area contributed by atoms with E-state index < -0.39 is 0 Å². The summed E-state index contributed by atoms with van der Waals surface area (Å²) in [4.78, 5) is 0. The maximum absolute atomic E-state index is 5.89. The predicted octanol–water partition coefficient (Wildman–Crippen LogP) is 5.84. The van der Waals surface area contributed by atoms with Gasteiger partial charge in [0.25, 0.3) is 0 Å². The Balaban J connectivity index is 1.53. The minimum absolute atomic E-state index is 0.592. The maximum Gasteiger partial charge on any atom is 0.119 e. The van der Waals surface area contributed by atoms with Crippen LogP contribution in [0, 0.1) is 6.92 Å². The largest absolute Gasteiger partial charge is 0.489 e. The van der Waals surface area contributed by atoms with Crippen molar-refractivity contribution in [1.29, 1.82) is 0 Å². The monoisotopic (exact) mass is 337 g/mol. The average molecular weight is 338 g/mol. The van der Waals surface area contributed by atoms with Crippen LogP contribution < -0.4 is 10.1 Å². The second kappa shape index (κ2) is 7.89. The summed E-state index contributed by atoms with van der Waals surface area (Å²) in [5.41, 5.74) is 4.72. The molecule has 0 aliphatic heterocycles. The number of aryl methyl sites for hydroxylation is 1. The Hall–Kier alpha value is -2.45. The fraction of sp³-hybridized carbons (Fsp3) is 0.143. The lowest BCUT2D eigenvalue weighted by Gasteiger charge is -2.10. The van der Waals surface area contributed by atoms with E-state index in [0.717, 1.165) is 23.0 Å². The molecule has 0 amide bonds. The zero-order chi connectivity index (χ0) is 16.8. The molecule has 0 saturated heterocycles. The van der Waals surface area contributed by atoms with Crippen molar-refractivity contribution in [1.82, 2.24) is 0 Å². The van der Waals surface area contributed by atoms with Gasteiger partial charge in [0.15, 0.2) is 0 Å². The first kappa shape index (κ1) is 16.4. The average Bonchev–Trinajstić information content (AvgIpc) is 2.61. The fourth-order valence-corrected chi connectivity index (χ4v) is 2.53. The predicted molar refractivity (Wildman–Crippen MR) is 101 cm³/mol. The van der Waals surface area contributed by atoms with E-state index in [1.165, 1.54) is 16.7 Å². The molecule has 0 bridgehead atoms. The molecular weight excluding hydrogens is 318 g/mol. The lowest BCUT2D eigenvalue weighted by Crippen LogP contribution is -2.00. The molecule has 0 fully saturated rings. The minimum Gasteiger partial charge on any atom is -0.489 e. The van der Waals surface area contributed by atoms with Crippen LogP contribution >= 0.6 is 11.6 Å². The second-order valence-electron chi connectivity index (χ2n) is 5.72. The van der Waals surface area contributed by atoms with E-state index in [0.29, 0.717) is 6.61 Å². The molecule has 0 spiro atoms. The van der Waals surface area contributed by atoms with Crippen LogP contribution in [-0.4, -0.2) is 0 Å². The first-order valence-electron chi connectivity index (χ1n) is 7.96. The van der Waals surface area contributed by atoms with E-state index in [9.17, 15) is 0 Å². The summed E-state index contributed by atoms with van der Waals surface area (Å²) in [6.07, 6.45) is 0. The second-order valence-corrected chi connectivity index (χ2v) is 6.16. The lowest BCUT2D eigenvalue weighted by atomic mass is 10.1. The maximum atomic E-state index is 5.89. The van der Waals surface area contributed by atoms with E-state index in [4.69, 9.17) is 16.3 Å². The van der Waals surface area contributed by atoms with Crippen molar-refractivity contribution in [3.63, 3.8) is 0 Å². The summed E-state index contributed by atoms with van der Waals surface area (Å²) in [5.74, 6) is 0.883. The molecule has 3 rings (SSSR count). The van der Waals surface area contributed by atoms with Crippen molar-refractivity contribution in [3.8, 4) is 5.75 Å². The van der Waals surface area contributed by atoms with Crippen LogP contribution in [-0.2, 0) is 13.2 Å². The molecule has 24 heavy (non-hydrogen) atoms. The smallest absolute Gasteiger partial charge is 0.119 e. The molecule has 0 atom stereocenters. The van der Waals surface area contributed by atoms with Gasteiger partial charge in [-0.2, -0.15) is 0 Å². The molecule has 0 aliphatic rings. The van der Waals surface area contributed by atoms with Crippen LogP contribution in [0.3, 0.4) is 0 Å². The quantitative estimate of drug-likeness (QED) is 0.610. The van der Waals surface area contributed by atoms with E-state index in [1.807, 2.05) is 48.5 Å². The van der Waals surface area contributed by atoms with Gasteiger partial charge < -0.3 is 10.1 Å². The van der Waals surface area contributed by atoms with Crippen LogP contribution in [0.25, 0.3) is 0 Å². The van der Waals surface area contributed by atoms with Gasteiger partial charge in [0, 0.05) is 17.3 Å². The molecule has 0 heterocycles. The number of ether oxygens (including phenoxy) is 1. The highest BCUT2D eigenvalue weighted by Gasteiger charge is 2.00. The fourth-order valence-electron chi connectivity index (χ4n) is 2.41. The van der Waals surface area contributed by atoms with Gasteiger partial charge in [-0.15, -0.1) is 0 Å². The van der Waals surface area contributed by atoms with Gasteiger partial charge in [-0.1, -0.05) is 48.0 Å². The summed E-state index contributed by atoms with van der Waals surface area (Å²) in [6, 6.07) is 24.2. The normalized spacial score (nSPS) is 10.4. The summed E-state index contributed by atoms with van der Waals surface area (Å²) in [6.45, 7) is 3.46. The number of halogens is 1. The number of benzene rings is 3. The zero-order valence-electron chi connectivity index (χ0n) is 13.6. The molecule has 3 aromatic carbocycles. The SMILES string of the molecule is Cc1ccccc1COc1ccc(CNc2ccc(Cl)cc2)cc1. The van der Waals surface area contributed by atoms with Gasteiger partial charge in [-0.3, -0.25) is 0 Å². The van der Waals surface area contributed by atoms with E-state index in [1.54, 1.807) is 0 Å². The highest BCUT2D eigenvalue weighted by molar-refractivity contribution is 6.30. The van der Waals surface area contributed by atoms with Gasteiger partial charge in [-0.05, 0) is 60.0 Å². The molecule has 0 radical (unpaired) electrons. The standard InChI is InChI=1S/C21H20ClNO/c1-16-4-2-3-5-18(16)15-24-21-12-6-17(7-13-21)14-23-20-10-8-19(22)9-11-20/h2-13,23H,14-15H2,1H3. The third-order valence-corrected chi connectivity index (χ3v) is 4.17. The Labute approximate surface area is 148 Å². The highest BCUT2D eigenvalue weighted by atomic mass is 35.5. The molecular formula is C21H20ClNO. The van der Waals surface area contributed by atoms with Crippen LogP contribution in [0.2, 0.25) is 5.02 Å². The minimum atomic E-state index is 0.592. The molecule has 122 valence electrons. The number of rotatable bonds is 6. The van der Waals surface area contributed by atoms with Crippen LogP contribution in [0.15, 0.2) is 72.8 Å². The molecule has 3 heteroatoms. The summed E-state index contributed by atoms with van der Waals surface area (Å²) < 4.78 is 5.87. The van der Waals surface area contributed by atoms with E-state index in [2.05, 4.69) is 36.5 Å². The Morgan fingerprint density at radius 3 is 2.29 bits per heavy atom. The summed E-state index contributed by atoms with van der Waals surface area (Å²) in [7, 11) is 0. The third kappa shape index (κ3) is 4.53. The van der Waals surface area contributed by atoms with Crippen LogP contribution in [0.5, 0.6) is 5.75 Å². The van der Waals surface area contributed by atoms with Crippen molar-refractivity contribution in [2.45, 2.75) is 20.1 Å². The topological polar surface area (TPSA) is 21.3 Å². The van der Waals surface area contributed by atoms with E-state index >= 15 is 0 Å². The summed E-state index contributed by atoms with van der Waals surface area (Å²) in [5, 5.41) is 4.12. The van der Waals surface area contributed by atoms with Crippen molar-refractivity contribution in [2.75, 3.05) is 5.32 Å². The molecule has 1 N–H and O–H groups in total. The summed E-state index contributed by atoms with van der Waals surface area (Å²) >= 11 is 5.89. The molecule has 0 aliphatic carbocycles.